The van der Waals surface area contributed by atoms with Gasteiger partial charge in [0.05, 0.1) is 5.54 Å². The monoisotopic (exact) mass is 215 g/mol. The SMILES string of the molecule is O=C(NC1(CCl)CCC1)C1CCCC1. The number of carbonyl (C=O) groups is 1. The lowest BCUT2D eigenvalue weighted by molar-refractivity contribution is -0.127. The van der Waals surface area contributed by atoms with Gasteiger partial charge in [0, 0.05) is 11.8 Å². The van der Waals surface area contributed by atoms with Crippen LogP contribution in [-0.4, -0.2) is 17.3 Å². The predicted octanol–water partition coefficient (Wildman–Crippen LogP) is 2.45. The Morgan fingerprint density at radius 2 is 1.93 bits per heavy atom. The van der Waals surface area contributed by atoms with Crippen molar-refractivity contribution in [3.05, 3.63) is 0 Å². The van der Waals surface area contributed by atoms with Gasteiger partial charge < -0.3 is 5.32 Å². The van der Waals surface area contributed by atoms with E-state index in [2.05, 4.69) is 5.32 Å². The molecule has 0 unspecified atom stereocenters. The lowest BCUT2D eigenvalue weighted by atomic mass is 9.78. The van der Waals surface area contributed by atoms with Crippen molar-refractivity contribution in [2.24, 2.45) is 5.92 Å². The Morgan fingerprint density at radius 3 is 2.36 bits per heavy atom. The average Bonchev–Trinajstić information content (AvgIpc) is 2.63. The Morgan fingerprint density at radius 1 is 1.29 bits per heavy atom. The second kappa shape index (κ2) is 4.09. The van der Waals surface area contributed by atoms with Gasteiger partial charge in [0.25, 0.3) is 0 Å². The molecule has 2 aliphatic rings. The second-order valence-electron chi connectivity index (χ2n) is 4.74. The summed E-state index contributed by atoms with van der Waals surface area (Å²) >= 11 is 5.90. The molecule has 0 aromatic heterocycles. The number of nitrogens with one attached hydrogen (secondary N) is 1. The van der Waals surface area contributed by atoms with Crippen molar-refractivity contribution in [3.8, 4) is 0 Å². The van der Waals surface area contributed by atoms with Gasteiger partial charge in [-0.1, -0.05) is 12.8 Å². The summed E-state index contributed by atoms with van der Waals surface area (Å²) in [5.74, 6) is 1.10. The smallest absolute Gasteiger partial charge is 0.223 e. The Balaban J connectivity index is 1.86. The Kier molecular flexibility index (Phi) is 3.01. The molecule has 2 nitrogen and oxygen atoms in total. The number of carbonyl (C=O) groups excluding carboxylic acids is 1. The first-order chi connectivity index (χ1) is 6.76. The summed E-state index contributed by atoms with van der Waals surface area (Å²) in [6, 6.07) is 0. The van der Waals surface area contributed by atoms with Crippen molar-refractivity contribution in [3.63, 3.8) is 0 Å². The fourth-order valence-corrected chi connectivity index (χ4v) is 2.78. The summed E-state index contributed by atoms with van der Waals surface area (Å²) in [7, 11) is 0. The number of hydrogen-bond acceptors (Lipinski definition) is 1. The Hall–Kier alpha value is -0.240. The van der Waals surface area contributed by atoms with Crippen LogP contribution in [0.25, 0.3) is 0 Å². The minimum absolute atomic E-state index is 0.0404. The van der Waals surface area contributed by atoms with Crippen LogP contribution in [0.3, 0.4) is 0 Å². The largest absolute Gasteiger partial charge is 0.349 e. The Labute approximate surface area is 90.4 Å². The third-order valence-corrected chi connectivity index (χ3v) is 4.19. The summed E-state index contributed by atoms with van der Waals surface area (Å²) in [5, 5.41) is 3.15. The van der Waals surface area contributed by atoms with Crippen LogP contribution in [0.1, 0.15) is 44.9 Å². The van der Waals surface area contributed by atoms with Crippen LogP contribution < -0.4 is 5.32 Å². The van der Waals surface area contributed by atoms with E-state index < -0.39 is 0 Å². The molecule has 1 N–H and O–H groups in total. The van der Waals surface area contributed by atoms with Gasteiger partial charge in [0.15, 0.2) is 0 Å². The zero-order chi connectivity index (χ0) is 10.0. The molecule has 0 bridgehead atoms. The fraction of sp³-hybridized carbons (Fsp3) is 0.909. The molecule has 14 heavy (non-hydrogen) atoms. The number of hydrogen-bond donors (Lipinski definition) is 1. The van der Waals surface area contributed by atoms with Crippen molar-refractivity contribution in [2.45, 2.75) is 50.5 Å². The first-order valence-corrected chi connectivity index (χ1v) is 6.17. The minimum atomic E-state index is -0.0404. The zero-order valence-electron chi connectivity index (χ0n) is 8.52. The van der Waals surface area contributed by atoms with Gasteiger partial charge in [0.1, 0.15) is 0 Å². The lowest BCUT2D eigenvalue weighted by Crippen LogP contribution is -2.56. The van der Waals surface area contributed by atoms with E-state index in [1.165, 1.54) is 19.3 Å². The van der Waals surface area contributed by atoms with E-state index in [0.717, 1.165) is 25.7 Å². The normalized spacial score (nSPS) is 25.8. The lowest BCUT2D eigenvalue weighted by Gasteiger charge is -2.41. The molecule has 2 rings (SSSR count). The van der Waals surface area contributed by atoms with Crippen molar-refractivity contribution in [1.29, 1.82) is 0 Å². The molecular formula is C11H18ClNO. The Bertz CT molecular complexity index is 214. The molecule has 0 heterocycles. The van der Waals surface area contributed by atoms with Gasteiger partial charge in [-0.25, -0.2) is 0 Å². The van der Waals surface area contributed by atoms with Crippen LogP contribution in [0.15, 0.2) is 0 Å². The number of alkyl halides is 1. The first-order valence-electron chi connectivity index (χ1n) is 5.64. The third kappa shape index (κ3) is 1.90. The highest BCUT2D eigenvalue weighted by Crippen LogP contribution is 2.34. The van der Waals surface area contributed by atoms with E-state index >= 15 is 0 Å². The summed E-state index contributed by atoms with van der Waals surface area (Å²) in [4.78, 5) is 11.8. The van der Waals surface area contributed by atoms with Crippen LogP contribution in [0.4, 0.5) is 0 Å². The topological polar surface area (TPSA) is 29.1 Å². The quantitative estimate of drug-likeness (QED) is 0.720. The van der Waals surface area contributed by atoms with Crippen LogP contribution >= 0.6 is 11.6 Å². The minimum Gasteiger partial charge on any atom is -0.349 e. The van der Waals surface area contributed by atoms with Crippen LogP contribution in [-0.2, 0) is 4.79 Å². The van der Waals surface area contributed by atoms with E-state index in [-0.39, 0.29) is 17.4 Å². The van der Waals surface area contributed by atoms with Gasteiger partial charge in [-0.3, -0.25) is 4.79 Å². The molecule has 0 atom stereocenters. The van der Waals surface area contributed by atoms with Gasteiger partial charge in [-0.2, -0.15) is 0 Å². The maximum atomic E-state index is 11.8. The molecule has 0 aromatic carbocycles. The molecule has 2 saturated carbocycles. The zero-order valence-corrected chi connectivity index (χ0v) is 9.28. The van der Waals surface area contributed by atoms with Crippen molar-refractivity contribution in [2.75, 3.05) is 5.88 Å². The van der Waals surface area contributed by atoms with Crippen LogP contribution in [0, 0.1) is 5.92 Å². The van der Waals surface area contributed by atoms with Crippen LogP contribution in [0.2, 0.25) is 0 Å². The maximum absolute atomic E-state index is 11.8. The van der Waals surface area contributed by atoms with E-state index in [0.29, 0.717) is 5.88 Å². The number of rotatable bonds is 3. The number of halogens is 1. The molecule has 3 heteroatoms. The summed E-state index contributed by atoms with van der Waals surface area (Å²) < 4.78 is 0. The summed E-state index contributed by atoms with van der Waals surface area (Å²) in [6.45, 7) is 0. The van der Waals surface area contributed by atoms with E-state index in [9.17, 15) is 4.79 Å². The predicted molar refractivity (Wildman–Crippen MR) is 57.4 cm³/mol. The summed E-state index contributed by atoms with van der Waals surface area (Å²) in [6.07, 6.45) is 7.91. The van der Waals surface area contributed by atoms with E-state index in [1.54, 1.807) is 0 Å². The van der Waals surface area contributed by atoms with E-state index in [1.807, 2.05) is 0 Å². The average molecular weight is 216 g/mol. The highest BCUT2D eigenvalue weighted by atomic mass is 35.5. The molecule has 0 spiro atoms. The molecular weight excluding hydrogens is 198 g/mol. The molecule has 0 aromatic rings. The summed E-state index contributed by atoms with van der Waals surface area (Å²) in [5.41, 5.74) is -0.0404. The van der Waals surface area contributed by atoms with Crippen LogP contribution in [0.5, 0.6) is 0 Å². The van der Waals surface area contributed by atoms with Crippen molar-refractivity contribution >= 4 is 17.5 Å². The molecule has 2 fully saturated rings. The maximum Gasteiger partial charge on any atom is 0.223 e. The highest BCUT2D eigenvalue weighted by Gasteiger charge is 2.39. The third-order valence-electron chi connectivity index (χ3n) is 3.68. The van der Waals surface area contributed by atoms with Crippen molar-refractivity contribution < 1.29 is 4.79 Å². The van der Waals surface area contributed by atoms with Crippen molar-refractivity contribution in [1.82, 2.24) is 5.32 Å². The molecule has 80 valence electrons. The van der Waals surface area contributed by atoms with Gasteiger partial charge in [-0.05, 0) is 32.1 Å². The standard InChI is InChI=1S/C11H18ClNO/c12-8-11(6-3-7-11)13-10(14)9-4-1-2-5-9/h9H,1-8H2,(H,13,14). The van der Waals surface area contributed by atoms with E-state index in [4.69, 9.17) is 11.6 Å². The molecule has 0 saturated heterocycles. The number of amides is 1. The van der Waals surface area contributed by atoms with Gasteiger partial charge >= 0.3 is 0 Å². The molecule has 1 amide bonds. The van der Waals surface area contributed by atoms with Gasteiger partial charge in [0.2, 0.25) is 5.91 Å². The fourth-order valence-electron chi connectivity index (χ4n) is 2.45. The second-order valence-corrected chi connectivity index (χ2v) is 5.01. The first kappa shape index (κ1) is 10.3. The van der Waals surface area contributed by atoms with Gasteiger partial charge in [-0.15, -0.1) is 11.6 Å². The molecule has 2 aliphatic carbocycles. The molecule has 0 aliphatic heterocycles. The highest BCUT2D eigenvalue weighted by molar-refractivity contribution is 6.18. The molecule has 0 radical (unpaired) electrons.